The van der Waals surface area contributed by atoms with E-state index in [1.54, 1.807) is 13.8 Å². The number of benzene rings is 2. The number of phenols is 2. The van der Waals surface area contributed by atoms with Crippen molar-refractivity contribution in [2.24, 2.45) is 0 Å². The minimum absolute atomic E-state index is 0.00741. The maximum atomic E-state index is 12.8. The van der Waals surface area contributed by atoms with Crippen LogP contribution in [0.15, 0.2) is 6.07 Å². The van der Waals surface area contributed by atoms with E-state index < -0.39 is 17.7 Å². The van der Waals surface area contributed by atoms with E-state index in [2.05, 4.69) is 0 Å². The SMILES string of the molecule is COCc1c(O)cc(C)c2c1Oc1c(O)c3c(c(C)c1OC2=O)COC3=O. The number of aromatic hydroxyl groups is 2. The first-order valence-electron chi connectivity index (χ1n) is 8.15. The maximum Gasteiger partial charge on any atom is 0.347 e. The van der Waals surface area contributed by atoms with E-state index in [4.69, 9.17) is 18.9 Å². The number of methoxy groups -OCH3 is 1. The maximum absolute atomic E-state index is 12.8. The first kappa shape index (κ1) is 17.2. The number of cyclic esters (lactones) is 1. The first-order valence-corrected chi connectivity index (χ1v) is 8.15. The van der Waals surface area contributed by atoms with Crippen LogP contribution >= 0.6 is 0 Å². The second-order valence-corrected chi connectivity index (χ2v) is 6.38. The molecule has 0 aromatic heterocycles. The monoisotopic (exact) mass is 372 g/mol. The largest absolute Gasteiger partial charge is 0.507 e. The zero-order valence-electron chi connectivity index (χ0n) is 14.8. The van der Waals surface area contributed by atoms with E-state index in [1.807, 2.05) is 0 Å². The molecule has 0 unspecified atom stereocenters. The van der Waals surface area contributed by atoms with Gasteiger partial charge in [0.05, 0.1) is 12.2 Å². The van der Waals surface area contributed by atoms with Gasteiger partial charge in [-0.1, -0.05) is 0 Å². The number of rotatable bonds is 2. The zero-order chi connectivity index (χ0) is 19.5. The Morgan fingerprint density at radius 3 is 2.48 bits per heavy atom. The van der Waals surface area contributed by atoms with Crippen molar-refractivity contribution >= 4 is 11.9 Å². The third kappa shape index (κ3) is 2.33. The molecular formula is C19H16O8. The highest BCUT2D eigenvalue weighted by atomic mass is 16.6. The number of carbonyl (C=O) groups excluding carboxylic acids is 2. The highest BCUT2D eigenvalue weighted by Gasteiger charge is 2.38. The van der Waals surface area contributed by atoms with Crippen LogP contribution in [-0.2, 0) is 22.7 Å². The van der Waals surface area contributed by atoms with Gasteiger partial charge in [0.1, 0.15) is 23.5 Å². The van der Waals surface area contributed by atoms with Gasteiger partial charge in [-0.15, -0.1) is 0 Å². The molecule has 8 heteroatoms. The van der Waals surface area contributed by atoms with Crippen LogP contribution in [0.3, 0.4) is 0 Å². The molecule has 0 amide bonds. The lowest BCUT2D eigenvalue weighted by Crippen LogP contribution is -2.11. The Morgan fingerprint density at radius 2 is 1.78 bits per heavy atom. The fourth-order valence-corrected chi connectivity index (χ4v) is 3.39. The predicted molar refractivity (Wildman–Crippen MR) is 90.6 cm³/mol. The Balaban J connectivity index is 2.03. The van der Waals surface area contributed by atoms with Crippen molar-refractivity contribution in [1.29, 1.82) is 0 Å². The lowest BCUT2D eigenvalue weighted by atomic mass is 10.0. The van der Waals surface area contributed by atoms with Crippen molar-refractivity contribution in [3.8, 4) is 28.7 Å². The summed E-state index contributed by atoms with van der Waals surface area (Å²) >= 11 is 0. The van der Waals surface area contributed by atoms with Crippen LogP contribution < -0.4 is 9.47 Å². The van der Waals surface area contributed by atoms with Gasteiger partial charge in [-0.05, 0) is 25.5 Å². The van der Waals surface area contributed by atoms with Gasteiger partial charge in [0.2, 0.25) is 5.75 Å². The topological polar surface area (TPSA) is 112 Å². The average Bonchev–Trinajstić information content (AvgIpc) is 2.92. The Bertz CT molecular complexity index is 1020. The molecule has 140 valence electrons. The molecule has 27 heavy (non-hydrogen) atoms. The van der Waals surface area contributed by atoms with Crippen molar-refractivity contribution in [3.63, 3.8) is 0 Å². The lowest BCUT2D eigenvalue weighted by Gasteiger charge is -2.16. The molecule has 0 atom stereocenters. The molecule has 2 N–H and O–H groups in total. The summed E-state index contributed by atoms with van der Waals surface area (Å²) in [6, 6.07) is 1.41. The third-order valence-corrected chi connectivity index (χ3v) is 4.75. The predicted octanol–water partition coefficient (Wildman–Crippen LogP) is 2.86. The van der Waals surface area contributed by atoms with Crippen LogP contribution in [0.25, 0.3) is 0 Å². The van der Waals surface area contributed by atoms with Gasteiger partial charge in [0, 0.05) is 18.2 Å². The lowest BCUT2D eigenvalue weighted by molar-refractivity contribution is 0.0532. The summed E-state index contributed by atoms with van der Waals surface area (Å²) in [5, 5.41) is 20.9. The summed E-state index contributed by atoms with van der Waals surface area (Å²) in [6.45, 7) is 3.20. The Morgan fingerprint density at radius 1 is 1.04 bits per heavy atom. The summed E-state index contributed by atoms with van der Waals surface area (Å²) in [5.74, 6) is -2.14. The highest BCUT2D eigenvalue weighted by molar-refractivity contribution is 6.01. The fourth-order valence-electron chi connectivity index (χ4n) is 3.39. The minimum Gasteiger partial charge on any atom is -0.507 e. The minimum atomic E-state index is -0.703. The van der Waals surface area contributed by atoms with Crippen molar-refractivity contribution < 1.29 is 38.7 Å². The van der Waals surface area contributed by atoms with Crippen LogP contribution in [0, 0.1) is 13.8 Å². The van der Waals surface area contributed by atoms with E-state index in [-0.39, 0.29) is 52.9 Å². The van der Waals surface area contributed by atoms with Crippen LogP contribution in [0.4, 0.5) is 0 Å². The van der Waals surface area contributed by atoms with Crippen molar-refractivity contribution in [3.05, 3.63) is 39.4 Å². The Labute approximate surface area is 153 Å². The number of carbonyl (C=O) groups is 2. The van der Waals surface area contributed by atoms with Crippen LogP contribution in [0.2, 0.25) is 0 Å². The molecule has 2 aromatic rings. The van der Waals surface area contributed by atoms with Crippen molar-refractivity contribution in [2.45, 2.75) is 27.1 Å². The fraction of sp³-hybridized carbons (Fsp3) is 0.263. The van der Waals surface area contributed by atoms with Gasteiger partial charge >= 0.3 is 11.9 Å². The number of phenolic OH excluding ortho intramolecular Hbond substituents is 2. The number of ether oxygens (including phenoxy) is 4. The summed E-state index contributed by atoms with van der Waals surface area (Å²) in [5.41, 5.74) is 1.65. The van der Waals surface area contributed by atoms with Gasteiger partial charge in [-0.25, -0.2) is 9.59 Å². The van der Waals surface area contributed by atoms with E-state index in [0.29, 0.717) is 16.7 Å². The van der Waals surface area contributed by atoms with Gasteiger partial charge in [0.15, 0.2) is 17.2 Å². The van der Waals surface area contributed by atoms with Crippen LogP contribution in [0.1, 0.15) is 43.0 Å². The normalized spacial score (nSPS) is 14.5. The second-order valence-electron chi connectivity index (χ2n) is 6.38. The third-order valence-electron chi connectivity index (χ3n) is 4.75. The van der Waals surface area contributed by atoms with Crippen molar-refractivity contribution in [2.75, 3.05) is 7.11 Å². The number of fused-ring (bicyclic) bond motifs is 3. The molecule has 0 spiro atoms. The van der Waals surface area contributed by atoms with Gasteiger partial charge in [-0.2, -0.15) is 0 Å². The molecule has 0 saturated carbocycles. The summed E-state index contributed by atoms with van der Waals surface area (Å²) in [7, 11) is 1.43. The molecule has 0 radical (unpaired) electrons. The van der Waals surface area contributed by atoms with E-state index in [9.17, 15) is 19.8 Å². The number of hydrogen-bond acceptors (Lipinski definition) is 8. The van der Waals surface area contributed by atoms with Gasteiger partial charge in [-0.3, -0.25) is 0 Å². The molecule has 0 aliphatic carbocycles. The molecule has 8 nitrogen and oxygen atoms in total. The first-order chi connectivity index (χ1) is 12.8. The second kappa shape index (κ2) is 5.88. The molecular weight excluding hydrogens is 356 g/mol. The molecule has 0 saturated heterocycles. The number of esters is 2. The molecule has 2 aliphatic heterocycles. The van der Waals surface area contributed by atoms with E-state index in [1.165, 1.54) is 13.2 Å². The highest BCUT2D eigenvalue weighted by Crippen LogP contribution is 2.52. The molecule has 2 aliphatic rings. The zero-order valence-corrected chi connectivity index (χ0v) is 14.8. The number of hydrogen-bond donors (Lipinski definition) is 2. The van der Waals surface area contributed by atoms with E-state index in [0.717, 1.165) is 0 Å². The summed E-state index contributed by atoms with van der Waals surface area (Å²) < 4.78 is 21.4. The van der Waals surface area contributed by atoms with Crippen molar-refractivity contribution in [1.82, 2.24) is 0 Å². The standard InChI is InChI=1S/C19H16O8/c1-7-4-11(20)10(5-24-3)16-12(7)19(23)27-15-8(2)9-6-25-18(22)13(9)14(21)17(15)26-16/h4,20-21H,5-6H2,1-3H3. The average molecular weight is 372 g/mol. The van der Waals surface area contributed by atoms with Gasteiger partial charge in [0.25, 0.3) is 0 Å². The summed E-state index contributed by atoms with van der Waals surface area (Å²) in [6.07, 6.45) is 0. The molecule has 0 fully saturated rings. The quantitative estimate of drug-likeness (QED) is 0.611. The van der Waals surface area contributed by atoms with Crippen LogP contribution in [0.5, 0.6) is 28.7 Å². The van der Waals surface area contributed by atoms with Gasteiger partial charge < -0.3 is 29.2 Å². The Kier molecular flexibility index (Phi) is 3.74. The molecule has 2 aromatic carbocycles. The summed E-state index contributed by atoms with van der Waals surface area (Å²) in [4.78, 5) is 24.8. The Hall–Kier alpha value is -3.26. The number of aryl methyl sites for hydroxylation is 1. The van der Waals surface area contributed by atoms with E-state index >= 15 is 0 Å². The molecule has 0 bridgehead atoms. The van der Waals surface area contributed by atoms with Crippen LogP contribution in [-0.4, -0.2) is 29.3 Å². The molecule has 2 heterocycles. The smallest absolute Gasteiger partial charge is 0.347 e. The molecule has 4 rings (SSSR count).